The number of amides is 1. The normalized spacial score (nSPS) is 17.5. The van der Waals surface area contributed by atoms with E-state index in [0.717, 1.165) is 12.8 Å². The average Bonchev–Trinajstić information content (AvgIpc) is 2.97. The zero-order valence-corrected chi connectivity index (χ0v) is 13.1. The molecule has 0 saturated carbocycles. The zero-order valence-electron chi connectivity index (χ0n) is 12.3. The van der Waals surface area contributed by atoms with Crippen molar-refractivity contribution in [3.63, 3.8) is 0 Å². The molecule has 1 heterocycles. The molecule has 0 radical (unpaired) electrons. The molecule has 1 fully saturated rings. The minimum absolute atomic E-state index is 0.0622. The summed E-state index contributed by atoms with van der Waals surface area (Å²) in [6, 6.07) is 5.36. The first-order chi connectivity index (χ1) is 10.9. The lowest BCUT2D eigenvalue weighted by atomic mass is 10.2. The Hall–Kier alpha value is -2.33. The molecule has 1 saturated heterocycles. The topological polar surface area (TPSA) is 146 Å². The second kappa shape index (κ2) is 7.29. The molecular formula is C13H18N4O5S. The second-order valence-electron chi connectivity index (χ2n) is 4.87. The number of carbonyl (C=O) groups excluding carboxylic acids is 1. The number of ether oxygens (including phenoxy) is 2. The van der Waals surface area contributed by atoms with Gasteiger partial charge in [-0.3, -0.25) is 5.32 Å². The minimum atomic E-state index is -3.95. The summed E-state index contributed by atoms with van der Waals surface area (Å²) in [5.74, 6) is -0.551. The van der Waals surface area contributed by atoms with Crippen molar-refractivity contribution in [2.75, 3.05) is 18.5 Å². The van der Waals surface area contributed by atoms with Gasteiger partial charge < -0.3 is 20.9 Å². The van der Waals surface area contributed by atoms with Crippen molar-refractivity contribution >= 4 is 27.8 Å². The van der Waals surface area contributed by atoms with Crippen molar-refractivity contribution in [2.24, 2.45) is 15.9 Å². The molecule has 1 atom stereocenters. The largest absolute Gasteiger partial charge is 0.447 e. The first kappa shape index (κ1) is 17.0. The molecular weight excluding hydrogens is 324 g/mol. The number of sulfonamides is 1. The monoisotopic (exact) mass is 342 g/mol. The minimum Gasteiger partial charge on any atom is -0.447 e. The lowest BCUT2D eigenvalue weighted by Gasteiger charge is -2.11. The summed E-state index contributed by atoms with van der Waals surface area (Å²) in [7, 11) is -3.95. The fraction of sp³-hybridized carbons (Fsp3) is 0.385. The summed E-state index contributed by atoms with van der Waals surface area (Å²) in [6.45, 7) is 0.865. The molecule has 1 aromatic rings. The van der Waals surface area contributed by atoms with Gasteiger partial charge in [0.15, 0.2) is 0 Å². The lowest BCUT2D eigenvalue weighted by Crippen LogP contribution is -2.24. The molecule has 1 aromatic carbocycles. The Morgan fingerprint density at radius 3 is 2.61 bits per heavy atom. The van der Waals surface area contributed by atoms with Crippen molar-refractivity contribution in [1.82, 2.24) is 0 Å². The Kier molecular flexibility index (Phi) is 5.40. The van der Waals surface area contributed by atoms with Crippen LogP contribution in [0.5, 0.6) is 0 Å². The van der Waals surface area contributed by atoms with E-state index in [1.54, 1.807) is 0 Å². The third-order valence-corrected chi connectivity index (χ3v) is 4.37. The van der Waals surface area contributed by atoms with E-state index in [1.165, 1.54) is 24.3 Å². The van der Waals surface area contributed by atoms with E-state index in [9.17, 15) is 13.2 Å². The quantitative estimate of drug-likeness (QED) is 0.517. The maximum Gasteiger partial charge on any atom is 0.411 e. The first-order valence-corrected chi connectivity index (χ1v) is 8.32. The Morgan fingerprint density at radius 1 is 1.35 bits per heavy atom. The van der Waals surface area contributed by atoms with Gasteiger partial charge in [0.05, 0.1) is 11.0 Å². The third-order valence-electron chi connectivity index (χ3n) is 3.05. The van der Waals surface area contributed by atoms with Crippen LogP contribution in [-0.2, 0) is 19.5 Å². The van der Waals surface area contributed by atoms with Crippen LogP contribution in [0.2, 0.25) is 0 Å². The molecule has 10 heteroatoms. The number of nitrogens with one attached hydrogen (secondary N) is 1. The molecule has 5 N–H and O–H groups in total. The number of hydrogen-bond acceptors (Lipinski definition) is 5. The number of carbonyl (C=O) groups is 1. The van der Waals surface area contributed by atoms with Crippen LogP contribution in [0.3, 0.4) is 0 Å². The maximum absolute atomic E-state index is 11.8. The molecule has 1 aliphatic rings. The zero-order chi connectivity index (χ0) is 16.9. The van der Waals surface area contributed by atoms with Crippen molar-refractivity contribution in [3.05, 3.63) is 24.3 Å². The van der Waals surface area contributed by atoms with Crippen LogP contribution >= 0.6 is 0 Å². The van der Waals surface area contributed by atoms with E-state index in [0.29, 0.717) is 12.3 Å². The van der Waals surface area contributed by atoms with E-state index in [4.69, 9.17) is 20.9 Å². The van der Waals surface area contributed by atoms with Crippen LogP contribution in [0, 0.1) is 0 Å². The molecule has 0 spiro atoms. The van der Waals surface area contributed by atoms with Gasteiger partial charge in [0.2, 0.25) is 5.96 Å². The van der Waals surface area contributed by atoms with Crippen LogP contribution < -0.4 is 16.8 Å². The smallest absolute Gasteiger partial charge is 0.411 e. The Labute approximate surface area is 133 Å². The van der Waals surface area contributed by atoms with Gasteiger partial charge in [-0.1, -0.05) is 0 Å². The Bertz CT molecular complexity index is 677. The summed E-state index contributed by atoms with van der Waals surface area (Å²) < 4.78 is 37.0. The second-order valence-corrected chi connectivity index (χ2v) is 6.48. The van der Waals surface area contributed by atoms with Gasteiger partial charge in [-0.25, -0.2) is 4.79 Å². The third kappa shape index (κ3) is 5.11. The SMILES string of the molecule is NC(N)=NS(=O)(=O)c1ccc(NC(=O)OCC2CCCO2)cc1. The van der Waals surface area contributed by atoms with E-state index in [1.807, 2.05) is 0 Å². The average molecular weight is 342 g/mol. The lowest BCUT2D eigenvalue weighted by molar-refractivity contribution is 0.0484. The molecule has 1 unspecified atom stereocenters. The van der Waals surface area contributed by atoms with Crippen molar-refractivity contribution in [1.29, 1.82) is 0 Å². The van der Waals surface area contributed by atoms with E-state index < -0.39 is 22.1 Å². The predicted octanol–water partition coefficient (Wildman–Crippen LogP) is 0.376. The number of benzene rings is 1. The van der Waals surface area contributed by atoms with Gasteiger partial charge >= 0.3 is 6.09 Å². The van der Waals surface area contributed by atoms with Gasteiger partial charge in [0.1, 0.15) is 6.61 Å². The maximum atomic E-state index is 11.8. The van der Waals surface area contributed by atoms with Crippen LogP contribution in [0.4, 0.5) is 10.5 Å². The first-order valence-electron chi connectivity index (χ1n) is 6.88. The molecule has 9 nitrogen and oxygen atoms in total. The van der Waals surface area contributed by atoms with Crippen LogP contribution in [-0.4, -0.2) is 39.8 Å². The standard InChI is InChI=1S/C13H18N4O5S/c14-12(15)17-23(19,20)11-5-3-9(4-6-11)16-13(18)22-8-10-2-1-7-21-10/h3-6,10H,1-2,7-8H2,(H,16,18)(H4,14,15,17). The highest BCUT2D eigenvalue weighted by Gasteiger charge is 2.18. The van der Waals surface area contributed by atoms with E-state index >= 15 is 0 Å². The summed E-state index contributed by atoms with van der Waals surface area (Å²) in [4.78, 5) is 11.5. The number of rotatable bonds is 5. The molecule has 0 bridgehead atoms. The summed E-state index contributed by atoms with van der Waals surface area (Å²) in [5, 5.41) is 2.49. The number of nitrogens with two attached hydrogens (primary N) is 2. The van der Waals surface area contributed by atoms with Gasteiger partial charge in [-0.15, -0.1) is 4.40 Å². The van der Waals surface area contributed by atoms with Crippen LogP contribution in [0.25, 0.3) is 0 Å². The summed E-state index contributed by atoms with van der Waals surface area (Å²) in [6.07, 6.45) is 1.12. The van der Waals surface area contributed by atoms with Gasteiger partial charge in [-0.05, 0) is 37.1 Å². The molecule has 1 amide bonds. The fourth-order valence-electron chi connectivity index (χ4n) is 2.00. The highest BCUT2D eigenvalue weighted by atomic mass is 32.2. The molecule has 1 aliphatic heterocycles. The number of anilines is 1. The molecule has 126 valence electrons. The van der Waals surface area contributed by atoms with Gasteiger partial charge in [0.25, 0.3) is 10.0 Å². The molecule has 0 aliphatic carbocycles. The predicted molar refractivity (Wildman–Crippen MR) is 83.4 cm³/mol. The van der Waals surface area contributed by atoms with E-state index in [2.05, 4.69) is 9.71 Å². The molecule has 2 rings (SSSR count). The van der Waals surface area contributed by atoms with Crippen molar-refractivity contribution in [2.45, 2.75) is 23.8 Å². The van der Waals surface area contributed by atoms with E-state index in [-0.39, 0.29) is 17.6 Å². The molecule has 23 heavy (non-hydrogen) atoms. The number of nitrogens with zero attached hydrogens (tertiary/aromatic N) is 1. The summed E-state index contributed by atoms with van der Waals surface area (Å²) in [5.41, 5.74) is 10.5. The number of hydrogen-bond donors (Lipinski definition) is 3. The Morgan fingerprint density at radius 2 is 2.04 bits per heavy atom. The summed E-state index contributed by atoms with van der Waals surface area (Å²) >= 11 is 0. The number of guanidine groups is 1. The van der Waals surface area contributed by atoms with Crippen molar-refractivity contribution < 1.29 is 22.7 Å². The van der Waals surface area contributed by atoms with Crippen molar-refractivity contribution in [3.8, 4) is 0 Å². The van der Waals surface area contributed by atoms with Crippen LogP contribution in [0.15, 0.2) is 33.6 Å². The van der Waals surface area contributed by atoms with Crippen LogP contribution in [0.1, 0.15) is 12.8 Å². The van der Waals surface area contributed by atoms with Gasteiger partial charge in [-0.2, -0.15) is 8.42 Å². The Balaban J connectivity index is 1.91. The van der Waals surface area contributed by atoms with Gasteiger partial charge in [0, 0.05) is 12.3 Å². The highest BCUT2D eigenvalue weighted by Crippen LogP contribution is 2.17. The molecule has 0 aromatic heterocycles. The highest BCUT2D eigenvalue weighted by molar-refractivity contribution is 7.90. The fourth-order valence-corrected chi connectivity index (χ4v) is 2.86.